The van der Waals surface area contributed by atoms with E-state index in [0.717, 1.165) is 31.5 Å². The SMILES string of the molecule is COC[C@H]1CCN(c2cc(Nc3cc(NC(C)=O)ncc3-c3ccc4c(n3)OCC(C)(C)O4)nc(S(C)(=O)=O)c2)C1. The number of anilines is 4. The van der Waals surface area contributed by atoms with Crippen molar-refractivity contribution < 1.29 is 27.4 Å². The molecule has 0 aliphatic carbocycles. The molecule has 5 heterocycles. The number of methoxy groups -OCH3 is 1. The van der Waals surface area contributed by atoms with E-state index in [2.05, 4.69) is 30.5 Å². The maximum Gasteiger partial charge on any atom is 0.257 e. The zero-order valence-corrected chi connectivity index (χ0v) is 24.5. The quantitative estimate of drug-likeness (QED) is 0.401. The van der Waals surface area contributed by atoms with Crippen LogP contribution in [0.3, 0.4) is 0 Å². The zero-order chi connectivity index (χ0) is 29.4. The molecule has 1 atom stereocenters. The average Bonchev–Trinajstić information content (AvgIpc) is 3.36. The molecule has 2 aliphatic heterocycles. The molecule has 2 N–H and O–H groups in total. The fraction of sp³-hybridized carbons (Fsp3) is 0.429. The van der Waals surface area contributed by atoms with E-state index in [1.165, 1.54) is 6.92 Å². The highest BCUT2D eigenvalue weighted by Gasteiger charge is 2.30. The van der Waals surface area contributed by atoms with Gasteiger partial charge in [-0.2, -0.15) is 0 Å². The first kappa shape index (κ1) is 28.6. The van der Waals surface area contributed by atoms with Crippen molar-refractivity contribution in [1.82, 2.24) is 15.0 Å². The summed E-state index contributed by atoms with van der Waals surface area (Å²) in [5.41, 5.74) is 1.90. The first-order valence-electron chi connectivity index (χ1n) is 13.2. The number of nitrogens with zero attached hydrogens (tertiary/aromatic N) is 4. The van der Waals surface area contributed by atoms with Gasteiger partial charge >= 0.3 is 0 Å². The first-order valence-corrected chi connectivity index (χ1v) is 15.1. The zero-order valence-electron chi connectivity index (χ0n) is 23.7. The molecule has 1 amide bonds. The molecular formula is C28H34N6O6S. The largest absolute Gasteiger partial charge is 0.479 e. The predicted octanol–water partition coefficient (Wildman–Crippen LogP) is 3.67. The lowest BCUT2D eigenvalue weighted by atomic mass is 10.1. The number of ether oxygens (including phenoxy) is 3. The molecule has 41 heavy (non-hydrogen) atoms. The minimum absolute atomic E-state index is 0.0505. The number of pyridine rings is 3. The molecule has 0 aromatic carbocycles. The Kier molecular flexibility index (Phi) is 7.75. The van der Waals surface area contributed by atoms with Crippen LogP contribution in [-0.2, 0) is 19.4 Å². The van der Waals surface area contributed by atoms with Crippen LogP contribution in [0.15, 0.2) is 41.6 Å². The Morgan fingerprint density at radius 1 is 1.20 bits per heavy atom. The summed E-state index contributed by atoms with van der Waals surface area (Å²) in [7, 11) is -1.94. The van der Waals surface area contributed by atoms with Gasteiger partial charge in [-0.3, -0.25) is 4.79 Å². The van der Waals surface area contributed by atoms with Gasteiger partial charge in [0, 0.05) is 68.9 Å². The van der Waals surface area contributed by atoms with E-state index in [-0.39, 0.29) is 10.9 Å². The third-order valence-electron chi connectivity index (χ3n) is 6.73. The van der Waals surface area contributed by atoms with Crippen LogP contribution in [0.4, 0.5) is 23.0 Å². The summed E-state index contributed by atoms with van der Waals surface area (Å²) in [4.78, 5) is 27.3. The number of hydrogen-bond acceptors (Lipinski definition) is 11. The van der Waals surface area contributed by atoms with Gasteiger partial charge in [0.25, 0.3) is 5.88 Å². The number of hydrogen-bond donors (Lipinski definition) is 2. The number of fused-ring (bicyclic) bond motifs is 1. The number of amides is 1. The van der Waals surface area contributed by atoms with Crippen molar-refractivity contribution in [3.8, 4) is 22.9 Å². The van der Waals surface area contributed by atoms with Gasteiger partial charge in [0.05, 0.1) is 18.0 Å². The molecule has 5 rings (SSSR count). The monoisotopic (exact) mass is 582 g/mol. The third-order valence-corrected chi connectivity index (χ3v) is 7.70. The van der Waals surface area contributed by atoms with E-state index >= 15 is 0 Å². The maximum absolute atomic E-state index is 12.6. The van der Waals surface area contributed by atoms with Gasteiger partial charge in [0.1, 0.15) is 23.8 Å². The Hall–Kier alpha value is -3.97. The summed E-state index contributed by atoms with van der Waals surface area (Å²) in [5.74, 6) is 1.59. The second kappa shape index (κ2) is 11.1. The van der Waals surface area contributed by atoms with Crippen molar-refractivity contribution in [3.05, 3.63) is 36.5 Å². The number of sulfone groups is 1. The normalized spacial score (nSPS) is 17.8. The van der Waals surface area contributed by atoms with E-state index in [4.69, 9.17) is 14.2 Å². The fourth-order valence-electron chi connectivity index (χ4n) is 4.84. The van der Waals surface area contributed by atoms with Crippen molar-refractivity contribution in [2.75, 3.05) is 55.2 Å². The van der Waals surface area contributed by atoms with Gasteiger partial charge in [-0.05, 0) is 38.5 Å². The summed E-state index contributed by atoms with van der Waals surface area (Å²) >= 11 is 0. The van der Waals surface area contributed by atoms with Gasteiger partial charge in [-0.1, -0.05) is 0 Å². The molecule has 1 saturated heterocycles. The van der Waals surface area contributed by atoms with Crippen LogP contribution in [0.1, 0.15) is 27.2 Å². The Labute approximate surface area is 239 Å². The minimum Gasteiger partial charge on any atom is -0.479 e. The van der Waals surface area contributed by atoms with Crippen LogP contribution >= 0.6 is 0 Å². The molecule has 0 spiro atoms. The van der Waals surface area contributed by atoms with E-state index in [1.807, 2.05) is 19.9 Å². The summed E-state index contributed by atoms with van der Waals surface area (Å²) in [5, 5.41) is 5.90. The highest BCUT2D eigenvalue weighted by atomic mass is 32.2. The lowest BCUT2D eigenvalue weighted by Gasteiger charge is -2.31. The smallest absolute Gasteiger partial charge is 0.257 e. The van der Waals surface area contributed by atoms with Crippen molar-refractivity contribution in [3.63, 3.8) is 0 Å². The Balaban J connectivity index is 1.55. The maximum atomic E-state index is 12.6. The third kappa shape index (κ3) is 6.68. The van der Waals surface area contributed by atoms with Crippen molar-refractivity contribution >= 4 is 38.8 Å². The van der Waals surface area contributed by atoms with Crippen LogP contribution in [0.2, 0.25) is 0 Å². The summed E-state index contributed by atoms with van der Waals surface area (Å²) in [6.45, 7) is 7.75. The van der Waals surface area contributed by atoms with Crippen molar-refractivity contribution in [1.29, 1.82) is 0 Å². The van der Waals surface area contributed by atoms with Crippen LogP contribution in [0.25, 0.3) is 11.3 Å². The predicted molar refractivity (Wildman–Crippen MR) is 155 cm³/mol. The molecule has 0 saturated carbocycles. The molecular weight excluding hydrogens is 548 g/mol. The Bertz CT molecular complexity index is 1580. The lowest BCUT2D eigenvalue weighted by Crippen LogP contribution is -2.39. The van der Waals surface area contributed by atoms with Crippen molar-refractivity contribution in [2.24, 2.45) is 5.92 Å². The molecule has 0 radical (unpaired) electrons. The average molecular weight is 583 g/mol. The second-order valence-corrected chi connectivity index (χ2v) is 12.9. The number of carbonyl (C=O) groups excluding carboxylic acids is 1. The Morgan fingerprint density at radius 3 is 2.73 bits per heavy atom. The molecule has 12 nitrogen and oxygen atoms in total. The molecule has 2 aliphatic rings. The van der Waals surface area contributed by atoms with E-state index < -0.39 is 15.4 Å². The number of nitrogens with one attached hydrogen (secondary N) is 2. The van der Waals surface area contributed by atoms with Crippen LogP contribution in [0.5, 0.6) is 11.6 Å². The molecule has 13 heteroatoms. The van der Waals surface area contributed by atoms with E-state index in [0.29, 0.717) is 59.3 Å². The highest BCUT2D eigenvalue weighted by molar-refractivity contribution is 7.90. The van der Waals surface area contributed by atoms with Gasteiger partial charge in [-0.25, -0.2) is 23.4 Å². The molecule has 3 aromatic rings. The standard InChI is InChI=1S/C28H34N6O6S/c1-17(35)30-24-12-22(20(13-29-24)21-6-7-23-27(32-21)39-16-28(2,3)40-23)31-25-10-19(11-26(33-25)41(5,36)37)34-9-8-18(14-34)15-38-4/h6-7,10-13,18H,8-9,14-16H2,1-5H3,(H2,29,30,31,33,35)/t18-/m0/s1. The fourth-order valence-corrected chi connectivity index (χ4v) is 5.44. The minimum atomic E-state index is -3.61. The Morgan fingerprint density at radius 2 is 2.00 bits per heavy atom. The molecule has 0 unspecified atom stereocenters. The lowest BCUT2D eigenvalue weighted by molar-refractivity contribution is -0.114. The first-order chi connectivity index (χ1) is 19.4. The van der Waals surface area contributed by atoms with Crippen LogP contribution in [-0.4, -0.2) is 74.5 Å². The number of carbonyl (C=O) groups is 1. The van der Waals surface area contributed by atoms with Crippen molar-refractivity contribution in [2.45, 2.75) is 37.8 Å². The van der Waals surface area contributed by atoms with Gasteiger partial charge in [0.2, 0.25) is 5.91 Å². The van der Waals surface area contributed by atoms with E-state index in [1.54, 1.807) is 37.6 Å². The summed E-state index contributed by atoms with van der Waals surface area (Å²) in [6, 6.07) is 8.63. The molecule has 1 fully saturated rings. The molecule has 0 bridgehead atoms. The topological polar surface area (TPSA) is 145 Å². The second-order valence-electron chi connectivity index (χ2n) is 10.9. The number of rotatable bonds is 8. The number of aromatic nitrogens is 3. The van der Waals surface area contributed by atoms with E-state index in [9.17, 15) is 13.2 Å². The molecule has 3 aromatic heterocycles. The van der Waals surface area contributed by atoms with Gasteiger partial charge < -0.3 is 29.7 Å². The van der Waals surface area contributed by atoms with Gasteiger partial charge in [0.15, 0.2) is 20.6 Å². The summed E-state index contributed by atoms with van der Waals surface area (Å²) < 4.78 is 42.4. The van der Waals surface area contributed by atoms with Gasteiger partial charge in [-0.15, -0.1) is 0 Å². The van der Waals surface area contributed by atoms with Crippen LogP contribution < -0.4 is 25.0 Å². The summed E-state index contributed by atoms with van der Waals surface area (Å²) in [6.07, 6.45) is 3.65. The highest BCUT2D eigenvalue weighted by Crippen LogP contribution is 2.38. The van der Waals surface area contributed by atoms with Crippen LogP contribution in [0, 0.1) is 5.92 Å². The molecule has 218 valence electrons.